The molecule has 0 amide bonds. The topological polar surface area (TPSA) is 71.1 Å². The zero-order valence-corrected chi connectivity index (χ0v) is 17.9. The summed E-state index contributed by atoms with van der Waals surface area (Å²) >= 11 is 0. The smallest absolute Gasteiger partial charge is 0.312 e. The Labute approximate surface area is 176 Å². The standard InChI is InChI=1S/C24H26O6/c1-13(2)28-18-8-6-14(10-20(18)27-5)16-11-21(26)29-19-9-7-15-17(25)12-24(3,4)30-23(15)22(16)19/h6-10,13,16H,11-12H2,1-5H3/t16-/m0/s1. The zero-order valence-electron chi connectivity index (χ0n) is 17.9. The third-order valence-corrected chi connectivity index (χ3v) is 5.32. The van der Waals surface area contributed by atoms with Crippen molar-refractivity contribution in [2.45, 2.75) is 58.2 Å². The first-order chi connectivity index (χ1) is 14.2. The number of hydrogen-bond acceptors (Lipinski definition) is 6. The highest BCUT2D eigenvalue weighted by molar-refractivity contribution is 6.01. The van der Waals surface area contributed by atoms with Gasteiger partial charge in [-0.15, -0.1) is 0 Å². The van der Waals surface area contributed by atoms with Gasteiger partial charge in [0.15, 0.2) is 17.3 Å². The predicted octanol–water partition coefficient (Wildman–Crippen LogP) is 4.67. The number of carbonyl (C=O) groups excluding carboxylic acids is 2. The number of hydrogen-bond donors (Lipinski definition) is 0. The van der Waals surface area contributed by atoms with E-state index in [-0.39, 0.29) is 30.2 Å². The molecule has 2 aromatic rings. The minimum atomic E-state index is -0.627. The number of fused-ring (bicyclic) bond motifs is 3. The first kappa shape index (κ1) is 20.3. The van der Waals surface area contributed by atoms with Crippen LogP contribution < -0.4 is 18.9 Å². The van der Waals surface area contributed by atoms with Crippen LogP contribution in [0.5, 0.6) is 23.0 Å². The number of esters is 1. The number of benzene rings is 2. The van der Waals surface area contributed by atoms with Crippen LogP contribution in [0.25, 0.3) is 0 Å². The van der Waals surface area contributed by atoms with Crippen molar-refractivity contribution in [2.75, 3.05) is 7.11 Å². The fourth-order valence-corrected chi connectivity index (χ4v) is 4.09. The number of methoxy groups -OCH3 is 1. The molecule has 0 radical (unpaired) electrons. The van der Waals surface area contributed by atoms with Crippen molar-refractivity contribution in [1.82, 2.24) is 0 Å². The molecule has 2 aromatic carbocycles. The second-order valence-electron chi connectivity index (χ2n) is 8.62. The molecule has 0 aromatic heterocycles. The minimum Gasteiger partial charge on any atom is -0.493 e. The summed E-state index contributed by atoms with van der Waals surface area (Å²) in [5.41, 5.74) is 1.50. The summed E-state index contributed by atoms with van der Waals surface area (Å²) in [6, 6.07) is 9.01. The second kappa shape index (κ2) is 7.35. The SMILES string of the molecule is COc1cc([C@@H]2CC(=O)Oc3ccc4c(c32)OC(C)(C)CC4=O)ccc1OC(C)C. The van der Waals surface area contributed by atoms with Gasteiger partial charge in [-0.05, 0) is 57.5 Å². The normalized spacial score (nSPS) is 19.5. The quantitative estimate of drug-likeness (QED) is 0.539. The van der Waals surface area contributed by atoms with E-state index >= 15 is 0 Å². The van der Waals surface area contributed by atoms with Gasteiger partial charge in [0.1, 0.15) is 17.1 Å². The van der Waals surface area contributed by atoms with E-state index in [0.717, 1.165) is 11.1 Å². The molecule has 0 fully saturated rings. The van der Waals surface area contributed by atoms with Crippen LogP contribution in [0.15, 0.2) is 30.3 Å². The van der Waals surface area contributed by atoms with Crippen molar-refractivity contribution in [2.24, 2.45) is 0 Å². The van der Waals surface area contributed by atoms with Crippen LogP contribution in [-0.4, -0.2) is 30.6 Å². The summed E-state index contributed by atoms with van der Waals surface area (Å²) in [4.78, 5) is 25.1. The van der Waals surface area contributed by atoms with Crippen molar-refractivity contribution < 1.29 is 28.5 Å². The molecule has 0 saturated carbocycles. The van der Waals surface area contributed by atoms with Gasteiger partial charge in [-0.25, -0.2) is 0 Å². The summed E-state index contributed by atoms with van der Waals surface area (Å²) < 4.78 is 23.1. The predicted molar refractivity (Wildman–Crippen MR) is 111 cm³/mol. The van der Waals surface area contributed by atoms with Gasteiger partial charge >= 0.3 is 5.97 Å². The molecule has 4 rings (SSSR count). The fraction of sp³-hybridized carbons (Fsp3) is 0.417. The van der Waals surface area contributed by atoms with Gasteiger partial charge < -0.3 is 18.9 Å². The lowest BCUT2D eigenvalue weighted by atomic mass is 9.82. The maximum atomic E-state index is 12.7. The van der Waals surface area contributed by atoms with Crippen LogP contribution in [0.3, 0.4) is 0 Å². The first-order valence-electron chi connectivity index (χ1n) is 10.1. The monoisotopic (exact) mass is 410 g/mol. The highest BCUT2D eigenvalue weighted by atomic mass is 16.5. The van der Waals surface area contributed by atoms with Gasteiger partial charge in [0, 0.05) is 11.5 Å². The Balaban J connectivity index is 1.85. The highest BCUT2D eigenvalue weighted by Crippen LogP contribution is 2.49. The fourth-order valence-electron chi connectivity index (χ4n) is 4.09. The molecular weight excluding hydrogens is 384 g/mol. The lowest BCUT2D eigenvalue weighted by Crippen LogP contribution is -2.37. The average molecular weight is 410 g/mol. The lowest BCUT2D eigenvalue weighted by Gasteiger charge is -2.36. The summed E-state index contributed by atoms with van der Waals surface area (Å²) in [7, 11) is 1.58. The summed E-state index contributed by atoms with van der Waals surface area (Å²) in [5.74, 6) is 1.55. The molecule has 2 aliphatic rings. The number of Topliss-reactive ketones (excluding diaryl/α,β-unsaturated/α-hetero) is 1. The summed E-state index contributed by atoms with van der Waals surface area (Å²) in [6.07, 6.45) is 0.455. The van der Waals surface area contributed by atoms with E-state index in [0.29, 0.717) is 35.0 Å². The maximum absolute atomic E-state index is 12.7. The summed E-state index contributed by atoms with van der Waals surface area (Å²) in [5, 5.41) is 0. The van der Waals surface area contributed by atoms with E-state index in [2.05, 4.69) is 0 Å². The molecular formula is C24H26O6. The number of carbonyl (C=O) groups is 2. The molecule has 2 heterocycles. The Bertz CT molecular complexity index is 1020. The minimum absolute atomic E-state index is 0.00352. The average Bonchev–Trinajstić information content (AvgIpc) is 2.66. The van der Waals surface area contributed by atoms with Crippen LogP contribution in [0.1, 0.15) is 67.9 Å². The first-order valence-corrected chi connectivity index (χ1v) is 10.1. The third kappa shape index (κ3) is 3.62. The van der Waals surface area contributed by atoms with Crippen LogP contribution >= 0.6 is 0 Å². The van der Waals surface area contributed by atoms with Gasteiger partial charge in [0.25, 0.3) is 0 Å². The molecule has 158 valence electrons. The molecule has 0 N–H and O–H groups in total. The Morgan fingerprint density at radius 3 is 2.57 bits per heavy atom. The molecule has 6 heteroatoms. The zero-order chi connectivity index (χ0) is 21.6. The Kier molecular flexibility index (Phi) is 4.96. The molecule has 6 nitrogen and oxygen atoms in total. The molecule has 0 unspecified atom stereocenters. The van der Waals surface area contributed by atoms with Crippen LogP contribution in [0.2, 0.25) is 0 Å². The van der Waals surface area contributed by atoms with Gasteiger partial charge in [-0.2, -0.15) is 0 Å². The lowest BCUT2D eigenvalue weighted by molar-refractivity contribution is -0.135. The molecule has 30 heavy (non-hydrogen) atoms. The second-order valence-corrected chi connectivity index (χ2v) is 8.62. The van der Waals surface area contributed by atoms with Gasteiger partial charge in [0.2, 0.25) is 0 Å². The van der Waals surface area contributed by atoms with Gasteiger partial charge in [0.05, 0.1) is 31.6 Å². The van der Waals surface area contributed by atoms with E-state index in [1.54, 1.807) is 19.2 Å². The Morgan fingerprint density at radius 1 is 1.10 bits per heavy atom. The van der Waals surface area contributed by atoms with Gasteiger partial charge in [-0.1, -0.05) is 6.07 Å². The molecule has 0 saturated heterocycles. The Hall–Kier alpha value is -3.02. The van der Waals surface area contributed by atoms with E-state index in [9.17, 15) is 9.59 Å². The van der Waals surface area contributed by atoms with E-state index in [1.807, 2.05) is 45.9 Å². The van der Waals surface area contributed by atoms with Crippen LogP contribution in [0.4, 0.5) is 0 Å². The van der Waals surface area contributed by atoms with Crippen molar-refractivity contribution in [1.29, 1.82) is 0 Å². The third-order valence-electron chi connectivity index (χ3n) is 5.32. The number of rotatable bonds is 4. The maximum Gasteiger partial charge on any atom is 0.312 e. The number of ether oxygens (including phenoxy) is 4. The van der Waals surface area contributed by atoms with E-state index < -0.39 is 5.60 Å². The molecule has 0 spiro atoms. The molecule has 1 atom stereocenters. The molecule has 2 aliphatic heterocycles. The van der Waals surface area contributed by atoms with Crippen molar-refractivity contribution in [3.8, 4) is 23.0 Å². The van der Waals surface area contributed by atoms with E-state index in [1.165, 1.54) is 0 Å². The van der Waals surface area contributed by atoms with E-state index in [4.69, 9.17) is 18.9 Å². The van der Waals surface area contributed by atoms with Crippen molar-refractivity contribution in [3.63, 3.8) is 0 Å². The number of ketones is 1. The Morgan fingerprint density at radius 2 is 1.87 bits per heavy atom. The van der Waals surface area contributed by atoms with Gasteiger partial charge in [-0.3, -0.25) is 9.59 Å². The van der Waals surface area contributed by atoms with Crippen molar-refractivity contribution >= 4 is 11.8 Å². The largest absolute Gasteiger partial charge is 0.493 e. The summed E-state index contributed by atoms with van der Waals surface area (Å²) in [6.45, 7) is 7.67. The highest BCUT2D eigenvalue weighted by Gasteiger charge is 2.40. The molecule has 0 aliphatic carbocycles. The molecule has 0 bridgehead atoms. The van der Waals surface area contributed by atoms with Crippen LogP contribution in [0, 0.1) is 0 Å². The van der Waals surface area contributed by atoms with Crippen LogP contribution in [-0.2, 0) is 4.79 Å². The van der Waals surface area contributed by atoms with Crippen molar-refractivity contribution in [3.05, 3.63) is 47.0 Å².